The number of carbonyl (C=O) groups is 1. The Balaban J connectivity index is 2.84. The quantitative estimate of drug-likeness (QED) is 0.798. The average Bonchev–Trinajstić information content (AvgIpc) is 2.18. The fourth-order valence-electron chi connectivity index (χ4n) is 1.71. The molecule has 15 heavy (non-hydrogen) atoms. The SMILES string of the molecule is CC(F)(C1CCOCC1)C(F)(F)C(=O)O. The minimum atomic E-state index is -4.35. The van der Waals surface area contributed by atoms with Crippen LogP contribution in [-0.4, -0.2) is 35.9 Å². The predicted octanol–water partition coefficient (Wildman–Crippen LogP) is 1.86. The third-order valence-electron chi connectivity index (χ3n) is 2.87. The molecule has 1 atom stereocenters. The molecule has 1 rings (SSSR count). The number of alkyl halides is 3. The van der Waals surface area contributed by atoms with Crippen LogP contribution in [0.2, 0.25) is 0 Å². The molecule has 88 valence electrons. The lowest BCUT2D eigenvalue weighted by atomic mass is 9.80. The van der Waals surface area contributed by atoms with E-state index in [1.54, 1.807) is 0 Å². The Morgan fingerprint density at radius 2 is 1.80 bits per heavy atom. The van der Waals surface area contributed by atoms with Crippen molar-refractivity contribution in [2.45, 2.75) is 31.4 Å². The zero-order chi connectivity index (χ0) is 11.7. The van der Waals surface area contributed by atoms with Gasteiger partial charge in [-0.25, -0.2) is 9.18 Å². The van der Waals surface area contributed by atoms with Crippen molar-refractivity contribution in [1.29, 1.82) is 0 Å². The van der Waals surface area contributed by atoms with Crippen molar-refractivity contribution in [2.75, 3.05) is 13.2 Å². The minimum Gasteiger partial charge on any atom is -0.477 e. The van der Waals surface area contributed by atoms with Gasteiger partial charge in [-0.2, -0.15) is 8.78 Å². The molecule has 0 saturated carbocycles. The summed E-state index contributed by atoms with van der Waals surface area (Å²) in [5, 5.41) is 8.29. The van der Waals surface area contributed by atoms with Crippen LogP contribution in [0.15, 0.2) is 0 Å². The van der Waals surface area contributed by atoms with Crippen LogP contribution in [0.4, 0.5) is 13.2 Å². The van der Waals surface area contributed by atoms with Gasteiger partial charge in [-0.3, -0.25) is 0 Å². The lowest BCUT2D eigenvalue weighted by Crippen LogP contribution is -2.53. The Kier molecular flexibility index (Phi) is 3.28. The second kappa shape index (κ2) is 4.00. The number of hydrogen-bond acceptors (Lipinski definition) is 2. The first-order valence-corrected chi connectivity index (χ1v) is 4.68. The molecule has 0 spiro atoms. The molecule has 1 fully saturated rings. The van der Waals surface area contributed by atoms with Crippen LogP contribution in [0, 0.1) is 5.92 Å². The molecular formula is C9H13F3O3. The summed E-state index contributed by atoms with van der Waals surface area (Å²) < 4.78 is 44.9. The first-order chi connectivity index (χ1) is 6.80. The first kappa shape index (κ1) is 12.3. The van der Waals surface area contributed by atoms with Gasteiger partial charge in [-0.05, 0) is 19.8 Å². The lowest BCUT2D eigenvalue weighted by molar-refractivity contribution is -0.202. The van der Waals surface area contributed by atoms with Gasteiger partial charge in [-0.1, -0.05) is 0 Å². The summed E-state index contributed by atoms with van der Waals surface area (Å²) in [6.45, 7) is 1.04. The average molecular weight is 226 g/mol. The zero-order valence-electron chi connectivity index (χ0n) is 8.30. The highest BCUT2D eigenvalue weighted by Gasteiger charge is 2.61. The Bertz CT molecular complexity index is 247. The van der Waals surface area contributed by atoms with Gasteiger partial charge in [0, 0.05) is 19.1 Å². The van der Waals surface area contributed by atoms with Crippen molar-refractivity contribution in [2.24, 2.45) is 5.92 Å². The topological polar surface area (TPSA) is 46.5 Å². The van der Waals surface area contributed by atoms with Crippen molar-refractivity contribution in [3.8, 4) is 0 Å². The van der Waals surface area contributed by atoms with E-state index in [1.807, 2.05) is 0 Å². The molecule has 3 nitrogen and oxygen atoms in total. The number of halogens is 3. The molecule has 1 unspecified atom stereocenters. The van der Waals surface area contributed by atoms with Gasteiger partial charge in [0.05, 0.1) is 0 Å². The molecule has 0 aliphatic carbocycles. The fourth-order valence-corrected chi connectivity index (χ4v) is 1.71. The van der Waals surface area contributed by atoms with Crippen LogP contribution in [0.5, 0.6) is 0 Å². The molecule has 0 radical (unpaired) electrons. The molecule has 0 aromatic carbocycles. The van der Waals surface area contributed by atoms with Crippen LogP contribution in [0.25, 0.3) is 0 Å². The molecule has 0 amide bonds. The molecule has 0 aromatic heterocycles. The Hall–Kier alpha value is -0.780. The van der Waals surface area contributed by atoms with Crippen LogP contribution in [0.3, 0.4) is 0 Å². The van der Waals surface area contributed by atoms with E-state index in [4.69, 9.17) is 9.84 Å². The van der Waals surface area contributed by atoms with Crippen molar-refractivity contribution in [3.63, 3.8) is 0 Å². The third kappa shape index (κ3) is 2.09. The van der Waals surface area contributed by atoms with E-state index in [-0.39, 0.29) is 26.1 Å². The standard InChI is InChI=1S/C9H13F3O3/c1-8(10,9(11,12)7(13)14)6-2-4-15-5-3-6/h6H,2-5H2,1H3,(H,13,14). The fraction of sp³-hybridized carbons (Fsp3) is 0.889. The third-order valence-corrected chi connectivity index (χ3v) is 2.87. The number of rotatable bonds is 3. The molecule has 0 aromatic rings. The van der Waals surface area contributed by atoms with Gasteiger partial charge in [0.25, 0.3) is 0 Å². The van der Waals surface area contributed by atoms with Crippen molar-refractivity contribution < 1.29 is 27.8 Å². The van der Waals surface area contributed by atoms with Crippen molar-refractivity contribution in [1.82, 2.24) is 0 Å². The van der Waals surface area contributed by atoms with Gasteiger partial charge < -0.3 is 9.84 Å². The molecule has 1 aliphatic heterocycles. The number of hydrogen-bond donors (Lipinski definition) is 1. The second-order valence-corrected chi connectivity index (χ2v) is 3.84. The van der Waals surface area contributed by atoms with Gasteiger partial charge >= 0.3 is 11.9 Å². The maximum atomic E-state index is 13.8. The lowest BCUT2D eigenvalue weighted by Gasteiger charge is -2.36. The van der Waals surface area contributed by atoms with E-state index in [9.17, 15) is 18.0 Å². The van der Waals surface area contributed by atoms with Gasteiger partial charge in [0.1, 0.15) is 0 Å². The van der Waals surface area contributed by atoms with Crippen LogP contribution < -0.4 is 0 Å². The normalized spacial score (nSPS) is 23.5. The zero-order valence-corrected chi connectivity index (χ0v) is 8.30. The maximum absolute atomic E-state index is 13.8. The van der Waals surface area contributed by atoms with E-state index in [1.165, 1.54) is 0 Å². The maximum Gasteiger partial charge on any atom is 0.378 e. The van der Waals surface area contributed by atoms with Crippen LogP contribution >= 0.6 is 0 Å². The summed E-state index contributed by atoms with van der Waals surface area (Å²) in [5.74, 6) is -7.74. The summed E-state index contributed by atoms with van der Waals surface area (Å²) in [6.07, 6.45) is 0.242. The monoisotopic (exact) mass is 226 g/mol. The molecule has 1 saturated heterocycles. The highest BCUT2D eigenvalue weighted by molar-refractivity contribution is 5.77. The summed E-state index contributed by atoms with van der Waals surface area (Å²) in [4.78, 5) is 10.3. The summed E-state index contributed by atoms with van der Waals surface area (Å²) in [7, 11) is 0. The van der Waals surface area contributed by atoms with E-state index in [2.05, 4.69) is 0 Å². The molecule has 1 N–H and O–H groups in total. The molecule has 1 heterocycles. The number of carboxylic acids is 1. The number of aliphatic carboxylic acids is 1. The predicted molar refractivity (Wildman–Crippen MR) is 45.6 cm³/mol. The largest absolute Gasteiger partial charge is 0.477 e. The van der Waals surface area contributed by atoms with E-state index < -0.39 is 23.5 Å². The van der Waals surface area contributed by atoms with Crippen molar-refractivity contribution >= 4 is 5.97 Å². The highest BCUT2D eigenvalue weighted by Crippen LogP contribution is 2.42. The summed E-state index contributed by atoms with van der Waals surface area (Å²) in [6, 6.07) is 0. The Labute approximate surface area is 85.2 Å². The van der Waals surface area contributed by atoms with E-state index >= 15 is 0 Å². The van der Waals surface area contributed by atoms with Crippen LogP contribution in [-0.2, 0) is 9.53 Å². The molecule has 6 heteroatoms. The Morgan fingerprint density at radius 3 is 2.20 bits per heavy atom. The van der Waals surface area contributed by atoms with Crippen LogP contribution in [0.1, 0.15) is 19.8 Å². The number of carboxylic acid groups (broad SMARTS) is 1. The van der Waals surface area contributed by atoms with Gasteiger partial charge in [0.15, 0.2) is 5.67 Å². The molecule has 1 aliphatic rings. The summed E-state index contributed by atoms with van der Waals surface area (Å²) in [5.41, 5.74) is -3.03. The summed E-state index contributed by atoms with van der Waals surface area (Å²) >= 11 is 0. The van der Waals surface area contributed by atoms with Gasteiger partial charge in [-0.15, -0.1) is 0 Å². The Morgan fingerprint density at radius 1 is 1.33 bits per heavy atom. The number of ether oxygens (including phenoxy) is 1. The molecular weight excluding hydrogens is 213 g/mol. The van der Waals surface area contributed by atoms with E-state index in [0.717, 1.165) is 0 Å². The highest BCUT2D eigenvalue weighted by atomic mass is 19.3. The minimum absolute atomic E-state index is 0.121. The smallest absolute Gasteiger partial charge is 0.378 e. The van der Waals surface area contributed by atoms with E-state index in [0.29, 0.717) is 6.92 Å². The first-order valence-electron chi connectivity index (χ1n) is 4.68. The van der Waals surface area contributed by atoms with Crippen molar-refractivity contribution in [3.05, 3.63) is 0 Å². The molecule has 0 bridgehead atoms. The van der Waals surface area contributed by atoms with Gasteiger partial charge in [0.2, 0.25) is 0 Å². The second-order valence-electron chi connectivity index (χ2n) is 3.84.